The molecule has 0 aliphatic rings. The van der Waals surface area contributed by atoms with Crippen LogP contribution in [0, 0.1) is 5.92 Å². The Morgan fingerprint density at radius 1 is 0.840 bits per heavy atom. The van der Waals surface area contributed by atoms with E-state index >= 15 is 0 Å². The molecule has 0 amide bonds. The van der Waals surface area contributed by atoms with Crippen molar-refractivity contribution in [3.05, 3.63) is 12.2 Å². The predicted octanol–water partition coefficient (Wildman–Crippen LogP) is 5.60. The van der Waals surface area contributed by atoms with Crippen molar-refractivity contribution in [2.24, 2.45) is 5.92 Å². The zero-order chi connectivity index (χ0) is 18.8. The van der Waals surface area contributed by atoms with Crippen LogP contribution in [0.25, 0.3) is 0 Å². The molecule has 0 aromatic carbocycles. The number of ether oxygens (including phenoxy) is 2. The molecule has 0 aliphatic carbocycles. The molecule has 0 radical (unpaired) electrons. The molecule has 4 nitrogen and oxygen atoms in total. The molecule has 146 valence electrons. The number of rotatable bonds is 16. The van der Waals surface area contributed by atoms with Crippen LogP contribution in [0.3, 0.4) is 0 Å². The molecule has 0 fully saturated rings. The Balaban J connectivity index is 3.43. The van der Waals surface area contributed by atoms with Crippen LogP contribution in [0.1, 0.15) is 91.4 Å². The molecule has 0 rings (SSSR count). The summed E-state index contributed by atoms with van der Waals surface area (Å²) in [5.41, 5.74) is 0. The summed E-state index contributed by atoms with van der Waals surface area (Å²) in [6.45, 7) is 7.10. The highest BCUT2D eigenvalue weighted by molar-refractivity contribution is 5.77. The maximum atomic E-state index is 11.5. The normalized spacial score (nSPS) is 11.2. The number of hydrogen-bond acceptors (Lipinski definition) is 4. The number of hydrogen-bond donors (Lipinski definition) is 0. The maximum Gasteiger partial charge on any atom is 0.306 e. The van der Waals surface area contributed by atoms with E-state index in [0.29, 0.717) is 12.5 Å². The van der Waals surface area contributed by atoms with Gasteiger partial charge >= 0.3 is 11.9 Å². The van der Waals surface area contributed by atoms with Crippen LogP contribution in [0.15, 0.2) is 12.2 Å². The minimum Gasteiger partial charge on any atom is -0.466 e. The molecular weight excluding hydrogens is 316 g/mol. The number of esters is 2. The Bertz CT molecular complexity index is 361. The SMILES string of the molecule is CCCCCCCCC/C=C/COC(=O)CCC(=O)OCCC(C)C. The van der Waals surface area contributed by atoms with Gasteiger partial charge in [-0.2, -0.15) is 0 Å². The van der Waals surface area contributed by atoms with Crippen molar-refractivity contribution in [3.63, 3.8) is 0 Å². The minimum absolute atomic E-state index is 0.0894. The Hall–Kier alpha value is -1.32. The second kappa shape index (κ2) is 17.5. The highest BCUT2D eigenvalue weighted by Crippen LogP contribution is 2.08. The summed E-state index contributed by atoms with van der Waals surface area (Å²) < 4.78 is 10.1. The van der Waals surface area contributed by atoms with E-state index in [-0.39, 0.29) is 31.4 Å². The van der Waals surface area contributed by atoms with E-state index in [1.165, 1.54) is 44.9 Å². The standard InChI is InChI=1S/C21H38O4/c1-4-5-6-7-8-9-10-11-12-13-17-24-20(22)14-15-21(23)25-18-16-19(2)3/h12-13,19H,4-11,14-18H2,1-3H3/b13-12+. The predicted molar refractivity (Wildman–Crippen MR) is 102 cm³/mol. The fourth-order valence-corrected chi connectivity index (χ4v) is 2.30. The minimum atomic E-state index is -0.346. The molecule has 0 unspecified atom stereocenters. The molecule has 4 heteroatoms. The number of carbonyl (C=O) groups is 2. The third kappa shape index (κ3) is 18.9. The van der Waals surface area contributed by atoms with Crippen LogP contribution >= 0.6 is 0 Å². The number of carbonyl (C=O) groups excluding carboxylic acids is 2. The monoisotopic (exact) mass is 354 g/mol. The van der Waals surface area contributed by atoms with Gasteiger partial charge in [0.05, 0.1) is 19.4 Å². The lowest BCUT2D eigenvalue weighted by Crippen LogP contribution is -2.11. The summed E-state index contributed by atoms with van der Waals surface area (Å²) in [5.74, 6) is -0.168. The average Bonchev–Trinajstić information content (AvgIpc) is 2.57. The van der Waals surface area contributed by atoms with Gasteiger partial charge in [-0.1, -0.05) is 71.4 Å². The molecule has 0 bridgehead atoms. The Morgan fingerprint density at radius 2 is 1.44 bits per heavy atom. The second-order valence-corrected chi connectivity index (χ2v) is 6.97. The summed E-state index contributed by atoms with van der Waals surface area (Å²) >= 11 is 0. The Kier molecular flexibility index (Phi) is 16.6. The lowest BCUT2D eigenvalue weighted by atomic mass is 10.1. The van der Waals surface area contributed by atoms with Crippen molar-refractivity contribution in [2.75, 3.05) is 13.2 Å². The Labute approximate surface area is 154 Å². The summed E-state index contributed by atoms with van der Waals surface area (Å²) in [7, 11) is 0. The quantitative estimate of drug-likeness (QED) is 0.206. The fraction of sp³-hybridized carbons (Fsp3) is 0.810. The van der Waals surface area contributed by atoms with E-state index in [2.05, 4.69) is 26.8 Å². The summed E-state index contributed by atoms with van der Waals surface area (Å²) in [6.07, 6.45) is 15.1. The van der Waals surface area contributed by atoms with Crippen molar-refractivity contribution >= 4 is 11.9 Å². The zero-order valence-electron chi connectivity index (χ0n) is 16.6. The smallest absolute Gasteiger partial charge is 0.306 e. The van der Waals surface area contributed by atoms with Gasteiger partial charge in [-0.05, 0) is 25.2 Å². The first kappa shape index (κ1) is 23.7. The number of allylic oxidation sites excluding steroid dienone is 1. The molecule has 0 saturated heterocycles. The van der Waals surface area contributed by atoms with Gasteiger partial charge in [0.15, 0.2) is 0 Å². The van der Waals surface area contributed by atoms with Gasteiger partial charge in [0.2, 0.25) is 0 Å². The van der Waals surface area contributed by atoms with Gasteiger partial charge in [0.1, 0.15) is 6.61 Å². The van der Waals surface area contributed by atoms with Gasteiger partial charge in [-0.25, -0.2) is 0 Å². The Morgan fingerprint density at radius 3 is 2.08 bits per heavy atom. The molecule has 0 heterocycles. The van der Waals surface area contributed by atoms with Crippen LogP contribution in [0.2, 0.25) is 0 Å². The maximum absolute atomic E-state index is 11.5. The molecule has 0 aliphatic heterocycles. The van der Waals surface area contributed by atoms with Crippen molar-refractivity contribution in [2.45, 2.75) is 91.4 Å². The molecule has 0 spiro atoms. The van der Waals surface area contributed by atoms with Crippen molar-refractivity contribution < 1.29 is 19.1 Å². The summed E-state index contributed by atoms with van der Waals surface area (Å²) in [4.78, 5) is 23.0. The van der Waals surface area contributed by atoms with Gasteiger partial charge in [-0.3, -0.25) is 9.59 Å². The van der Waals surface area contributed by atoms with Crippen LogP contribution in [0.5, 0.6) is 0 Å². The second-order valence-electron chi connectivity index (χ2n) is 6.97. The van der Waals surface area contributed by atoms with Crippen molar-refractivity contribution in [1.82, 2.24) is 0 Å². The molecule has 0 atom stereocenters. The van der Waals surface area contributed by atoms with Crippen LogP contribution in [0.4, 0.5) is 0 Å². The third-order valence-corrected chi connectivity index (χ3v) is 3.97. The fourth-order valence-electron chi connectivity index (χ4n) is 2.30. The van der Waals surface area contributed by atoms with Crippen molar-refractivity contribution in [3.8, 4) is 0 Å². The van der Waals surface area contributed by atoms with Crippen molar-refractivity contribution in [1.29, 1.82) is 0 Å². The van der Waals surface area contributed by atoms with E-state index in [1.54, 1.807) is 0 Å². The van der Waals surface area contributed by atoms with Gasteiger partial charge in [0.25, 0.3) is 0 Å². The lowest BCUT2D eigenvalue weighted by Gasteiger charge is -2.06. The molecular formula is C21H38O4. The largest absolute Gasteiger partial charge is 0.466 e. The van der Waals surface area contributed by atoms with Gasteiger partial charge < -0.3 is 9.47 Å². The molecule has 0 saturated carbocycles. The zero-order valence-corrected chi connectivity index (χ0v) is 16.6. The first-order valence-corrected chi connectivity index (χ1v) is 10.0. The average molecular weight is 355 g/mol. The molecule has 25 heavy (non-hydrogen) atoms. The van der Waals surface area contributed by atoms with E-state index in [1.807, 2.05) is 6.08 Å². The number of unbranched alkanes of at least 4 members (excludes halogenated alkanes) is 7. The molecule has 0 aromatic heterocycles. The highest BCUT2D eigenvalue weighted by Gasteiger charge is 2.08. The summed E-state index contributed by atoms with van der Waals surface area (Å²) in [5, 5.41) is 0. The molecule has 0 aromatic rings. The topological polar surface area (TPSA) is 52.6 Å². The highest BCUT2D eigenvalue weighted by atomic mass is 16.5. The van der Waals surface area contributed by atoms with E-state index in [0.717, 1.165) is 12.8 Å². The van der Waals surface area contributed by atoms with E-state index in [4.69, 9.17) is 9.47 Å². The van der Waals surface area contributed by atoms with Crippen LogP contribution in [-0.4, -0.2) is 25.2 Å². The lowest BCUT2D eigenvalue weighted by molar-refractivity contribution is -0.149. The van der Waals surface area contributed by atoms with Gasteiger partial charge in [-0.15, -0.1) is 0 Å². The first-order chi connectivity index (χ1) is 12.1. The van der Waals surface area contributed by atoms with Gasteiger partial charge in [0, 0.05) is 0 Å². The third-order valence-electron chi connectivity index (χ3n) is 3.97. The van der Waals surface area contributed by atoms with E-state index < -0.39 is 0 Å². The molecule has 0 N–H and O–H groups in total. The van der Waals surface area contributed by atoms with Crippen LogP contribution in [-0.2, 0) is 19.1 Å². The van der Waals surface area contributed by atoms with Crippen LogP contribution < -0.4 is 0 Å². The van der Waals surface area contributed by atoms with E-state index in [9.17, 15) is 9.59 Å². The summed E-state index contributed by atoms with van der Waals surface area (Å²) in [6, 6.07) is 0. The first-order valence-electron chi connectivity index (χ1n) is 10.0.